The minimum Gasteiger partial charge on any atom is -0.349 e. The molecular weight excluding hydrogens is 340 g/mol. The number of sulfonamides is 1. The van der Waals surface area contributed by atoms with Crippen molar-refractivity contribution >= 4 is 27.4 Å². The maximum Gasteiger partial charge on any atom is 0.261 e. The van der Waals surface area contributed by atoms with Gasteiger partial charge in [0.15, 0.2) is 5.78 Å². The lowest BCUT2D eigenvalue weighted by Gasteiger charge is -2.13. The molecule has 0 heterocycles. The summed E-state index contributed by atoms with van der Waals surface area (Å²) in [5, 5.41) is 2.84. The quantitative estimate of drug-likeness (QED) is 0.776. The van der Waals surface area contributed by atoms with Gasteiger partial charge < -0.3 is 5.32 Å². The van der Waals surface area contributed by atoms with Crippen LogP contribution in [0, 0.1) is 0 Å². The summed E-state index contributed by atoms with van der Waals surface area (Å²) in [6.45, 7) is 1.37. The lowest BCUT2D eigenvalue weighted by molar-refractivity contribution is 0.0951. The van der Waals surface area contributed by atoms with E-state index in [0.29, 0.717) is 5.56 Å². The van der Waals surface area contributed by atoms with Gasteiger partial charge in [-0.2, -0.15) is 0 Å². The molecule has 0 atom stereocenters. The van der Waals surface area contributed by atoms with Crippen molar-refractivity contribution in [1.82, 2.24) is 5.32 Å². The first kappa shape index (κ1) is 17.2. The van der Waals surface area contributed by atoms with Gasteiger partial charge in [0.25, 0.3) is 15.9 Å². The van der Waals surface area contributed by atoms with E-state index in [0.717, 1.165) is 12.8 Å². The number of amides is 1. The smallest absolute Gasteiger partial charge is 0.261 e. The van der Waals surface area contributed by atoms with E-state index in [1.807, 2.05) is 0 Å². The minimum atomic E-state index is -3.92. The maximum absolute atomic E-state index is 12.6. The van der Waals surface area contributed by atoms with E-state index in [-0.39, 0.29) is 33.9 Å². The Morgan fingerprint density at radius 3 is 2.44 bits per heavy atom. The van der Waals surface area contributed by atoms with Crippen LogP contribution in [-0.4, -0.2) is 26.2 Å². The molecule has 25 heavy (non-hydrogen) atoms. The molecule has 0 bridgehead atoms. The molecule has 1 aliphatic rings. The zero-order valence-corrected chi connectivity index (χ0v) is 14.5. The molecule has 7 heteroatoms. The third-order valence-corrected chi connectivity index (χ3v) is 5.24. The SMILES string of the molecule is CC(=O)c1cccc(S(=O)(=O)Nc2ccccc2C(=O)NC2CC2)c1. The van der Waals surface area contributed by atoms with Gasteiger partial charge >= 0.3 is 0 Å². The molecule has 0 aliphatic heterocycles. The van der Waals surface area contributed by atoms with Gasteiger partial charge in [0.05, 0.1) is 16.1 Å². The molecule has 0 unspecified atom stereocenters. The van der Waals surface area contributed by atoms with Crippen LogP contribution in [0.4, 0.5) is 5.69 Å². The summed E-state index contributed by atoms with van der Waals surface area (Å²) in [5.41, 5.74) is 0.775. The second-order valence-corrected chi connectivity index (χ2v) is 7.67. The monoisotopic (exact) mass is 358 g/mol. The van der Waals surface area contributed by atoms with Gasteiger partial charge in [-0.15, -0.1) is 0 Å². The van der Waals surface area contributed by atoms with Gasteiger partial charge in [-0.1, -0.05) is 24.3 Å². The molecule has 2 aromatic carbocycles. The van der Waals surface area contributed by atoms with Gasteiger partial charge in [0.1, 0.15) is 0 Å². The van der Waals surface area contributed by atoms with Crippen LogP contribution in [0.15, 0.2) is 53.4 Å². The lowest BCUT2D eigenvalue weighted by Crippen LogP contribution is -2.27. The van der Waals surface area contributed by atoms with E-state index in [4.69, 9.17) is 0 Å². The van der Waals surface area contributed by atoms with Crippen molar-refractivity contribution < 1.29 is 18.0 Å². The number of ketones is 1. The first-order valence-electron chi connectivity index (χ1n) is 7.90. The number of nitrogens with one attached hydrogen (secondary N) is 2. The Morgan fingerprint density at radius 2 is 1.76 bits per heavy atom. The Labute approximate surface area is 146 Å². The Kier molecular flexibility index (Phi) is 4.59. The summed E-state index contributed by atoms with van der Waals surface area (Å²) in [7, 11) is -3.92. The Balaban J connectivity index is 1.89. The molecule has 0 saturated heterocycles. The molecule has 2 aromatic rings. The second kappa shape index (κ2) is 6.68. The molecule has 2 N–H and O–H groups in total. The molecule has 1 fully saturated rings. The van der Waals surface area contributed by atoms with Crippen LogP contribution in [-0.2, 0) is 10.0 Å². The topological polar surface area (TPSA) is 92.3 Å². The molecule has 0 spiro atoms. The highest BCUT2D eigenvalue weighted by Crippen LogP contribution is 2.23. The van der Waals surface area contributed by atoms with Gasteiger partial charge in [-0.3, -0.25) is 14.3 Å². The van der Waals surface area contributed by atoms with Gasteiger partial charge in [0, 0.05) is 11.6 Å². The van der Waals surface area contributed by atoms with Crippen molar-refractivity contribution in [3.05, 3.63) is 59.7 Å². The van der Waals surface area contributed by atoms with Crippen molar-refractivity contribution in [1.29, 1.82) is 0 Å². The molecular formula is C18H18N2O4S. The van der Waals surface area contributed by atoms with E-state index in [2.05, 4.69) is 10.0 Å². The lowest BCUT2D eigenvalue weighted by atomic mass is 10.1. The fourth-order valence-electron chi connectivity index (χ4n) is 2.35. The Morgan fingerprint density at radius 1 is 1.04 bits per heavy atom. The summed E-state index contributed by atoms with van der Waals surface area (Å²) in [5.74, 6) is -0.528. The van der Waals surface area contributed by atoms with Crippen LogP contribution in [0.1, 0.15) is 40.5 Å². The van der Waals surface area contributed by atoms with Crippen molar-refractivity contribution in [3.8, 4) is 0 Å². The third-order valence-electron chi connectivity index (χ3n) is 3.88. The highest BCUT2D eigenvalue weighted by molar-refractivity contribution is 7.92. The van der Waals surface area contributed by atoms with E-state index in [9.17, 15) is 18.0 Å². The van der Waals surface area contributed by atoms with Crippen LogP contribution in [0.25, 0.3) is 0 Å². The predicted molar refractivity (Wildman–Crippen MR) is 94.2 cm³/mol. The van der Waals surface area contributed by atoms with Crippen molar-refractivity contribution in [2.45, 2.75) is 30.7 Å². The fourth-order valence-corrected chi connectivity index (χ4v) is 3.47. The minimum absolute atomic E-state index is 0.0300. The number of rotatable bonds is 6. The zero-order chi connectivity index (χ0) is 18.0. The number of carbonyl (C=O) groups excluding carboxylic acids is 2. The predicted octanol–water partition coefficient (Wildman–Crippen LogP) is 2.58. The third kappa shape index (κ3) is 4.06. The van der Waals surface area contributed by atoms with Gasteiger partial charge in [0.2, 0.25) is 0 Å². The van der Waals surface area contributed by atoms with Crippen molar-refractivity contribution in [2.24, 2.45) is 0 Å². The summed E-state index contributed by atoms with van der Waals surface area (Å²) in [4.78, 5) is 23.7. The Hall–Kier alpha value is -2.67. The molecule has 0 aromatic heterocycles. The van der Waals surface area contributed by atoms with Gasteiger partial charge in [-0.25, -0.2) is 8.42 Å². The summed E-state index contributed by atoms with van der Waals surface area (Å²) in [6.07, 6.45) is 1.88. The van der Waals surface area contributed by atoms with Crippen molar-refractivity contribution in [3.63, 3.8) is 0 Å². The number of anilines is 1. The van der Waals surface area contributed by atoms with Crippen LogP contribution >= 0.6 is 0 Å². The number of benzene rings is 2. The first-order chi connectivity index (χ1) is 11.9. The maximum atomic E-state index is 12.6. The molecule has 3 rings (SSSR count). The van der Waals surface area contributed by atoms with Crippen LogP contribution < -0.4 is 10.0 Å². The van der Waals surface area contributed by atoms with E-state index < -0.39 is 10.0 Å². The van der Waals surface area contributed by atoms with Crippen LogP contribution in [0.3, 0.4) is 0 Å². The Bertz CT molecular complexity index is 934. The van der Waals surface area contributed by atoms with E-state index in [1.54, 1.807) is 24.3 Å². The average Bonchev–Trinajstić information content (AvgIpc) is 3.39. The highest BCUT2D eigenvalue weighted by atomic mass is 32.2. The van der Waals surface area contributed by atoms with E-state index in [1.165, 1.54) is 31.2 Å². The average molecular weight is 358 g/mol. The first-order valence-corrected chi connectivity index (χ1v) is 9.39. The molecule has 6 nitrogen and oxygen atoms in total. The fraction of sp³-hybridized carbons (Fsp3) is 0.222. The number of carbonyl (C=O) groups is 2. The number of hydrogen-bond acceptors (Lipinski definition) is 4. The van der Waals surface area contributed by atoms with Crippen LogP contribution in [0.2, 0.25) is 0 Å². The van der Waals surface area contributed by atoms with Crippen LogP contribution in [0.5, 0.6) is 0 Å². The molecule has 1 aliphatic carbocycles. The number of para-hydroxylation sites is 1. The summed E-state index contributed by atoms with van der Waals surface area (Å²) >= 11 is 0. The normalized spacial score (nSPS) is 14.0. The summed E-state index contributed by atoms with van der Waals surface area (Å²) in [6, 6.07) is 12.4. The largest absolute Gasteiger partial charge is 0.349 e. The molecule has 1 saturated carbocycles. The second-order valence-electron chi connectivity index (χ2n) is 5.98. The standard InChI is InChI=1S/C18H18N2O4S/c1-12(21)13-5-4-6-15(11-13)25(23,24)20-17-8-3-2-7-16(17)18(22)19-14-9-10-14/h2-8,11,14,20H,9-10H2,1H3,(H,19,22). The molecule has 0 radical (unpaired) electrons. The van der Waals surface area contributed by atoms with Gasteiger partial charge in [-0.05, 0) is 44.0 Å². The van der Waals surface area contributed by atoms with Crippen molar-refractivity contribution in [2.75, 3.05) is 4.72 Å². The molecule has 130 valence electrons. The summed E-state index contributed by atoms with van der Waals surface area (Å²) < 4.78 is 27.7. The number of hydrogen-bond donors (Lipinski definition) is 2. The number of Topliss-reactive ketones (excluding diaryl/α,β-unsaturated/α-hetero) is 1. The van der Waals surface area contributed by atoms with E-state index >= 15 is 0 Å². The molecule has 1 amide bonds. The zero-order valence-electron chi connectivity index (χ0n) is 13.7. The highest BCUT2D eigenvalue weighted by Gasteiger charge is 2.25.